The Morgan fingerprint density at radius 1 is 1.10 bits per heavy atom. The van der Waals surface area contributed by atoms with Crippen molar-refractivity contribution < 1.29 is 17.9 Å². The Labute approximate surface area is 180 Å². The second kappa shape index (κ2) is 11.2. The van der Waals surface area contributed by atoms with Gasteiger partial charge >= 0.3 is 0 Å². The Bertz CT molecular complexity index is 758. The van der Waals surface area contributed by atoms with E-state index in [0.717, 1.165) is 51.9 Å². The van der Waals surface area contributed by atoms with Crippen molar-refractivity contribution in [1.29, 1.82) is 0 Å². The van der Waals surface area contributed by atoms with Crippen LogP contribution < -0.4 is 5.32 Å². The summed E-state index contributed by atoms with van der Waals surface area (Å²) in [5.74, 6) is 0.0812. The van der Waals surface area contributed by atoms with Crippen LogP contribution in [0.5, 0.6) is 0 Å². The number of hydrogen-bond acceptors (Lipinski definition) is 5. The zero-order valence-corrected chi connectivity index (χ0v) is 18.8. The third kappa shape index (κ3) is 7.04. The maximum Gasteiger partial charge on any atom is 0.220 e. The fraction of sp³-hybridized carbons (Fsp3) is 0.682. The predicted octanol–water partition coefficient (Wildman–Crippen LogP) is 1.64. The average Bonchev–Trinajstić information content (AvgIpc) is 2.76. The summed E-state index contributed by atoms with van der Waals surface area (Å²) in [6.07, 6.45) is 6.20. The lowest BCUT2D eigenvalue weighted by molar-refractivity contribution is -0.121. The fourth-order valence-electron chi connectivity index (χ4n) is 4.50. The van der Waals surface area contributed by atoms with Crippen LogP contribution in [0.2, 0.25) is 0 Å². The van der Waals surface area contributed by atoms with E-state index in [4.69, 9.17) is 4.74 Å². The highest BCUT2D eigenvalue weighted by Crippen LogP contribution is 2.24. The molecule has 0 aliphatic carbocycles. The molecule has 7 nitrogen and oxygen atoms in total. The number of hydrogen-bond donors (Lipinski definition) is 1. The number of nitrogens with zero attached hydrogens (tertiary/aromatic N) is 2. The number of carbonyl (C=O) groups is 1. The molecule has 1 aromatic rings. The van der Waals surface area contributed by atoms with Crippen LogP contribution in [0, 0.1) is 0 Å². The molecule has 168 valence electrons. The largest absolute Gasteiger partial charge is 0.381 e. The van der Waals surface area contributed by atoms with Crippen molar-refractivity contribution >= 4 is 15.9 Å². The smallest absolute Gasteiger partial charge is 0.220 e. The van der Waals surface area contributed by atoms with Crippen LogP contribution >= 0.6 is 0 Å². The molecule has 1 aromatic carbocycles. The second-order valence-corrected chi connectivity index (χ2v) is 10.3. The minimum atomic E-state index is -3.12. The van der Waals surface area contributed by atoms with Crippen LogP contribution in [0.4, 0.5) is 0 Å². The maximum atomic E-state index is 12.3. The van der Waals surface area contributed by atoms with Gasteiger partial charge < -0.3 is 10.1 Å². The number of carbonyl (C=O) groups excluding carboxylic acids is 1. The summed E-state index contributed by atoms with van der Waals surface area (Å²) in [5.41, 5.74) is 1.18. The van der Waals surface area contributed by atoms with Crippen molar-refractivity contribution in [2.24, 2.45) is 0 Å². The van der Waals surface area contributed by atoms with Crippen LogP contribution in [0.25, 0.3) is 0 Å². The zero-order valence-electron chi connectivity index (χ0n) is 18.0. The molecule has 0 atom stereocenters. The standard InChI is InChI=1S/C22H35N3O4S/c1-30(27,28)24-14-9-20(10-15-24)25(21-11-17-29-18-12-21)16-13-23-22(26)8-7-19-5-3-2-4-6-19/h2-6,20-21H,7-18H2,1H3,(H,23,26). The predicted molar refractivity (Wildman–Crippen MR) is 118 cm³/mol. The normalized spacial score (nSPS) is 19.8. The van der Waals surface area contributed by atoms with Gasteiger partial charge in [0.2, 0.25) is 15.9 Å². The van der Waals surface area contributed by atoms with Gasteiger partial charge in [-0.1, -0.05) is 30.3 Å². The molecule has 8 heteroatoms. The highest BCUT2D eigenvalue weighted by Gasteiger charge is 2.32. The summed E-state index contributed by atoms with van der Waals surface area (Å²) in [7, 11) is -3.12. The number of benzene rings is 1. The molecule has 3 rings (SSSR count). The molecule has 2 aliphatic heterocycles. The molecule has 30 heavy (non-hydrogen) atoms. The van der Waals surface area contributed by atoms with Crippen molar-refractivity contribution in [2.45, 2.75) is 50.6 Å². The number of aryl methyl sites for hydroxylation is 1. The highest BCUT2D eigenvalue weighted by atomic mass is 32.2. The Morgan fingerprint density at radius 3 is 2.37 bits per heavy atom. The molecule has 0 saturated carbocycles. The number of sulfonamides is 1. The lowest BCUT2D eigenvalue weighted by Gasteiger charge is -2.43. The summed E-state index contributed by atoms with van der Waals surface area (Å²) in [6.45, 7) is 4.11. The molecule has 0 spiro atoms. The van der Waals surface area contributed by atoms with E-state index in [-0.39, 0.29) is 5.91 Å². The average molecular weight is 438 g/mol. The molecule has 2 heterocycles. The van der Waals surface area contributed by atoms with Crippen molar-refractivity contribution in [2.75, 3.05) is 45.6 Å². The molecule has 2 aliphatic rings. The number of amides is 1. The van der Waals surface area contributed by atoms with Gasteiger partial charge in [0.25, 0.3) is 0 Å². The van der Waals surface area contributed by atoms with Crippen molar-refractivity contribution in [3.8, 4) is 0 Å². The fourth-order valence-corrected chi connectivity index (χ4v) is 5.38. The Hall–Kier alpha value is -1.48. The first-order valence-corrected chi connectivity index (χ1v) is 12.9. The van der Waals surface area contributed by atoms with Crippen molar-refractivity contribution in [3.05, 3.63) is 35.9 Å². The van der Waals surface area contributed by atoms with Crippen LogP contribution in [-0.2, 0) is 26.0 Å². The van der Waals surface area contributed by atoms with Gasteiger partial charge in [0.15, 0.2) is 0 Å². The molecule has 2 saturated heterocycles. The summed E-state index contributed by atoms with van der Waals surface area (Å²) in [6, 6.07) is 10.9. The van der Waals surface area contributed by atoms with E-state index in [0.29, 0.717) is 38.1 Å². The van der Waals surface area contributed by atoms with E-state index in [9.17, 15) is 13.2 Å². The third-order valence-electron chi connectivity index (χ3n) is 6.20. The number of ether oxygens (including phenoxy) is 1. The van der Waals surface area contributed by atoms with Crippen LogP contribution in [0.15, 0.2) is 30.3 Å². The molecule has 1 amide bonds. The lowest BCUT2D eigenvalue weighted by atomic mass is 9.98. The number of rotatable bonds is 9. The number of piperidine rings is 1. The van der Waals surface area contributed by atoms with E-state index in [2.05, 4.69) is 10.2 Å². The van der Waals surface area contributed by atoms with Gasteiger partial charge in [-0.3, -0.25) is 9.69 Å². The lowest BCUT2D eigenvalue weighted by Crippen LogP contribution is -2.53. The van der Waals surface area contributed by atoms with Crippen LogP contribution in [0.1, 0.15) is 37.7 Å². The van der Waals surface area contributed by atoms with E-state index >= 15 is 0 Å². The second-order valence-electron chi connectivity index (χ2n) is 8.31. The summed E-state index contributed by atoms with van der Waals surface area (Å²) in [5, 5.41) is 3.08. The summed E-state index contributed by atoms with van der Waals surface area (Å²) >= 11 is 0. The quantitative estimate of drug-likeness (QED) is 0.635. The molecular formula is C22H35N3O4S. The minimum absolute atomic E-state index is 0.0812. The van der Waals surface area contributed by atoms with Gasteiger partial charge in [-0.05, 0) is 37.7 Å². The molecule has 2 fully saturated rings. The highest BCUT2D eigenvalue weighted by molar-refractivity contribution is 7.88. The maximum absolute atomic E-state index is 12.3. The van der Waals surface area contributed by atoms with Gasteiger partial charge in [0.05, 0.1) is 6.26 Å². The van der Waals surface area contributed by atoms with Crippen molar-refractivity contribution in [1.82, 2.24) is 14.5 Å². The summed E-state index contributed by atoms with van der Waals surface area (Å²) in [4.78, 5) is 14.8. The summed E-state index contributed by atoms with van der Waals surface area (Å²) < 4.78 is 30.8. The van der Waals surface area contributed by atoms with E-state index < -0.39 is 10.0 Å². The first kappa shape index (κ1) is 23.2. The van der Waals surface area contributed by atoms with Gasteiger partial charge in [0, 0.05) is 57.9 Å². The van der Waals surface area contributed by atoms with Crippen LogP contribution in [-0.4, -0.2) is 81.3 Å². The van der Waals surface area contributed by atoms with Gasteiger partial charge in [0.1, 0.15) is 0 Å². The molecular weight excluding hydrogens is 402 g/mol. The third-order valence-corrected chi connectivity index (χ3v) is 7.50. The number of nitrogens with one attached hydrogen (secondary N) is 1. The first-order chi connectivity index (χ1) is 14.4. The Morgan fingerprint density at radius 2 is 1.73 bits per heavy atom. The van der Waals surface area contributed by atoms with Gasteiger partial charge in [-0.25, -0.2) is 12.7 Å². The SMILES string of the molecule is CS(=O)(=O)N1CCC(N(CCNC(=O)CCc2ccccc2)C2CCOCC2)CC1. The zero-order chi connectivity index (χ0) is 21.4. The molecule has 0 radical (unpaired) electrons. The monoisotopic (exact) mass is 437 g/mol. The van der Waals surface area contributed by atoms with E-state index in [1.807, 2.05) is 30.3 Å². The minimum Gasteiger partial charge on any atom is -0.381 e. The van der Waals surface area contributed by atoms with Crippen LogP contribution in [0.3, 0.4) is 0 Å². The molecule has 1 N–H and O–H groups in total. The van der Waals surface area contributed by atoms with Gasteiger partial charge in [-0.2, -0.15) is 0 Å². The molecule has 0 unspecified atom stereocenters. The van der Waals surface area contributed by atoms with Crippen molar-refractivity contribution in [3.63, 3.8) is 0 Å². The Kier molecular flexibility index (Phi) is 8.68. The Balaban J connectivity index is 1.48. The first-order valence-electron chi connectivity index (χ1n) is 11.0. The van der Waals surface area contributed by atoms with E-state index in [1.54, 1.807) is 4.31 Å². The van der Waals surface area contributed by atoms with E-state index in [1.165, 1.54) is 11.8 Å². The van der Waals surface area contributed by atoms with Gasteiger partial charge in [-0.15, -0.1) is 0 Å². The topological polar surface area (TPSA) is 79.0 Å². The molecule has 0 bridgehead atoms. The molecule has 0 aromatic heterocycles.